The van der Waals surface area contributed by atoms with Gasteiger partial charge in [-0.25, -0.2) is 4.79 Å². The van der Waals surface area contributed by atoms with Gasteiger partial charge in [0.25, 0.3) is 0 Å². The summed E-state index contributed by atoms with van der Waals surface area (Å²) in [5.41, 5.74) is 0. The number of halogens is 3. The van der Waals surface area contributed by atoms with Gasteiger partial charge in [-0.3, -0.25) is 10.1 Å². The van der Waals surface area contributed by atoms with Crippen molar-refractivity contribution in [2.75, 3.05) is 5.32 Å². The van der Waals surface area contributed by atoms with Crippen LogP contribution in [-0.2, 0) is 4.79 Å². The molecule has 1 amide bonds. The third-order valence-electron chi connectivity index (χ3n) is 1.09. The molecule has 1 heterocycles. The third-order valence-corrected chi connectivity index (χ3v) is 1.09. The lowest BCUT2D eigenvalue weighted by molar-refractivity contribution is -0.167. The van der Waals surface area contributed by atoms with E-state index in [0.717, 1.165) is 0 Å². The number of nitrogens with one attached hydrogen (secondary N) is 1. The van der Waals surface area contributed by atoms with Gasteiger partial charge in [-0.1, -0.05) is 10.2 Å². The van der Waals surface area contributed by atoms with Gasteiger partial charge in [0.15, 0.2) is 0 Å². The highest BCUT2D eigenvalue weighted by Gasteiger charge is 2.39. The maximum atomic E-state index is 11.7. The Morgan fingerprint density at radius 2 is 1.93 bits per heavy atom. The Bertz CT molecular complexity index is 398. The minimum absolute atomic E-state index is 0.924. The Hall–Kier alpha value is -2.13. The van der Waals surface area contributed by atoms with Crippen LogP contribution in [0.5, 0.6) is 0 Å². The van der Waals surface area contributed by atoms with E-state index in [1.807, 2.05) is 0 Å². The molecule has 1 aromatic rings. The maximum absolute atomic E-state index is 11.7. The van der Waals surface area contributed by atoms with Crippen molar-refractivity contribution in [2.24, 2.45) is 0 Å². The summed E-state index contributed by atoms with van der Waals surface area (Å²) >= 11 is 0. The van der Waals surface area contributed by atoms with E-state index >= 15 is 0 Å². The van der Waals surface area contributed by atoms with E-state index in [9.17, 15) is 22.8 Å². The number of carbonyl (C=O) groups excluding carboxylic acids is 1. The van der Waals surface area contributed by atoms with E-state index in [-0.39, 0.29) is 0 Å². The molecule has 7 nitrogen and oxygen atoms in total. The second kappa shape index (κ2) is 3.55. The second-order valence-corrected chi connectivity index (χ2v) is 2.17. The van der Waals surface area contributed by atoms with Crippen LogP contribution < -0.4 is 5.32 Å². The van der Waals surface area contributed by atoms with Crippen molar-refractivity contribution in [2.45, 2.75) is 6.18 Å². The number of alkyl halides is 3. The lowest BCUT2D eigenvalue weighted by Gasteiger charge is -2.02. The van der Waals surface area contributed by atoms with Gasteiger partial charge < -0.3 is 9.52 Å². The van der Waals surface area contributed by atoms with Crippen molar-refractivity contribution in [1.29, 1.82) is 0 Å². The molecule has 0 radical (unpaired) electrons. The van der Waals surface area contributed by atoms with E-state index in [4.69, 9.17) is 5.11 Å². The Kier molecular flexibility index (Phi) is 2.59. The minimum atomic E-state index is -5.11. The standard InChI is InChI=1S/C5H2F3N3O4/c6-5(7,8)3(14)9-4-11-10-1(15-4)2(12)13/h(H,12,13)(H,9,11,14). The molecule has 82 valence electrons. The predicted octanol–water partition coefficient (Wildman–Crippen LogP) is 0.269. The number of nitrogens with zero attached hydrogens (tertiary/aromatic N) is 2. The Morgan fingerprint density at radius 3 is 2.33 bits per heavy atom. The summed E-state index contributed by atoms with van der Waals surface area (Å²) in [7, 11) is 0. The molecule has 10 heteroatoms. The highest BCUT2D eigenvalue weighted by atomic mass is 19.4. The fourth-order valence-corrected chi connectivity index (χ4v) is 0.528. The number of hydrogen-bond donors (Lipinski definition) is 2. The molecule has 0 fully saturated rings. The van der Waals surface area contributed by atoms with Crippen LogP contribution >= 0.6 is 0 Å². The zero-order chi connectivity index (χ0) is 11.6. The van der Waals surface area contributed by atoms with Crippen molar-refractivity contribution in [3.8, 4) is 0 Å². The van der Waals surface area contributed by atoms with Gasteiger partial charge >= 0.3 is 30.0 Å². The van der Waals surface area contributed by atoms with Gasteiger partial charge in [-0.2, -0.15) is 13.2 Å². The van der Waals surface area contributed by atoms with Crippen LogP contribution in [0.25, 0.3) is 0 Å². The minimum Gasteiger partial charge on any atom is -0.474 e. The number of hydrogen-bond acceptors (Lipinski definition) is 5. The highest BCUT2D eigenvalue weighted by Crippen LogP contribution is 2.17. The first kappa shape index (κ1) is 10.9. The molecule has 0 aliphatic heterocycles. The normalized spacial score (nSPS) is 11.1. The van der Waals surface area contributed by atoms with Crippen LogP contribution in [-0.4, -0.2) is 33.4 Å². The van der Waals surface area contributed by atoms with Crippen molar-refractivity contribution in [3.05, 3.63) is 5.89 Å². The molecule has 0 bridgehead atoms. The zero-order valence-corrected chi connectivity index (χ0v) is 6.70. The van der Waals surface area contributed by atoms with Crippen LogP contribution in [0.2, 0.25) is 0 Å². The highest BCUT2D eigenvalue weighted by molar-refractivity contribution is 5.93. The number of rotatable bonds is 2. The molecule has 2 N–H and O–H groups in total. The summed E-state index contributed by atoms with van der Waals surface area (Å²) in [4.78, 5) is 20.5. The Morgan fingerprint density at radius 1 is 1.33 bits per heavy atom. The number of carboxylic acids is 1. The fourth-order valence-electron chi connectivity index (χ4n) is 0.528. The fraction of sp³-hybridized carbons (Fsp3) is 0.200. The lowest BCUT2D eigenvalue weighted by Crippen LogP contribution is -2.30. The van der Waals surface area contributed by atoms with Gasteiger partial charge in [0.1, 0.15) is 0 Å². The maximum Gasteiger partial charge on any atom is 0.471 e. The summed E-state index contributed by atoms with van der Waals surface area (Å²) in [6.07, 6.45) is -5.11. The second-order valence-electron chi connectivity index (χ2n) is 2.17. The first-order chi connectivity index (χ1) is 6.80. The monoisotopic (exact) mass is 225 g/mol. The SMILES string of the molecule is O=C(O)c1nnc(NC(=O)C(F)(F)F)o1. The molecule has 0 atom stereocenters. The van der Waals surface area contributed by atoms with Gasteiger partial charge in [0.2, 0.25) is 0 Å². The average molecular weight is 225 g/mol. The van der Waals surface area contributed by atoms with Gasteiger partial charge in [-0.05, 0) is 0 Å². The Labute approximate surface area is 78.9 Å². The van der Waals surface area contributed by atoms with E-state index in [1.165, 1.54) is 5.32 Å². The summed E-state index contributed by atoms with van der Waals surface area (Å²) in [6.45, 7) is 0. The summed E-state index contributed by atoms with van der Waals surface area (Å²) in [5, 5.41) is 15.2. The molecule has 1 aromatic heterocycles. The zero-order valence-electron chi connectivity index (χ0n) is 6.70. The topological polar surface area (TPSA) is 105 Å². The van der Waals surface area contributed by atoms with Gasteiger partial charge in [-0.15, -0.1) is 0 Å². The van der Waals surface area contributed by atoms with Gasteiger partial charge in [0, 0.05) is 0 Å². The molecule has 0 aromatic carbocycles. The van der Waals surface area contributed by atoms with E-state index in [1.54, 1.807) is 0 Å². The lowest BCUT2D eigenvalue weighted by atomic mass is 10.6. The predicted molar refractivity (Wildman–Crippen MR) is 35.9 cm³/mol. The summed E-state index contributed by atoms with van der Waals surface area (Å²) in [6, 6.07) is -0.935. The van der Waals surface area contributed by atoms with Crippen LogP contribution in [0.4, 0.5) is 19.2 Å². The van der Waals surface area contributed by atoms with Crippen LogP contribution in [0.3, 0.4) is 0 Å². The van der Waals surface area contributed by atoms with E-state index in [0.29, 0.717) is 0 Å². The molecule has 0 aliphatic rings. The number of aromatic nitrogens is 2. The number of aromatic carboxylic acids is 1. The molecular formula is C5H2F3N3O4. The largest absolute Gasteiger partial charge is 0.474 e. The number of carbonyl (C=O) groups is 2. The molecule has 0 spiro atoms. The van der Waals surface area contributed by atoms with Crippen LogP contribution in [0.15, 0.2) is 4.42 Å². The smallest absolute Gasteiger partial charge is 0.471 e. The number of anilines is 1. The molecule has 1 rings (SSSR count). The number of amides is 1. The van der Waals surface area contributed by atoms with Crippen molar-refractivity contribution in [1.82, 2.24) is 10.2 Å². The van der Waals surface area contributed by atoms with Crippen LogP contribution in [0.1, 0.15) is 10.7 Å². The average Bonchev–Trinajstić information content (AvgIpc) is 2.50. The molecule has 0 aliphatic carbocycles. The Balaban J connectivity index is 2.74. The van der Waals surface area contributed by atoms with Gasteiger partial charge in [0.05, 0.1) is 0 Å². The molecule has 0 saturated heterocycles. The van der Waals surface area contributed by atoms with Crippen molar-refractivity contribution in [3.63, 3.8) is 0 Å². The van der Waals surface area contributed by atoms with Crippen LogP contribution in [0, 0.1) is 0 Å². The van der Waals surface area contributed by atoms with E-state index in [2.05, 4.69) is 14.6 Å². The first-order valence-corrected chi connectivity index (χ1v) is 3.25. The molecule has 0 saturated carbocycles. The third kappa shape index (κ3) is 2.65. The number of carboxylic acid groups (broad SMARTS) is 1. The van der Waals surface area contributed by atoms with E-state index < -0.39 is 30.0 Å². The molecular weight excluding hydrogens is 223 g/mol. The summed E-state index contributed by atoms with van der Waals surface area (Å²) in [5.74, 6) is -4.87. The van der Waals surface area contributed by atoms with Crippen molar-refractivity contribution >= 4 is 17.9 Å². The quantitative estimate of drug-likeness (QED) is 0.748. The van der Waals surface area contributed by atoms with Crippen molar-refractivity contribution < 1.29 is 32.3 Å². The summed E-state index contributed by atoms with van der Waals surface area (Å²) < 4.78 is 39.2. The molecule has 15 heavy (non-hydrogen) atoms. The first-order valence-electron chi connectivity index (χ1n) is 3.25. The molecule has 0 unspecified atom stereocenters.